The molecule has 3 heteroatoms. The zero-order valence-corrected chi connectivity index (χ0v) is 8.52. The summed E-state index contributed by atoms with van der Waals surface area (Å²) < 4.78 is 13.2. The third-order valence-electron chi connectivity index (χ3n) is 2.88. The molecule has 1 aliphatic carbocycles. The van der Waals surface area contributed by atoms with E-state index in [1.54, 1.807) is 12.1 Å². The molecule has 1 aliphatic rings. The van der Waals surface area contributed by atoms with Gasteiger partial charge in [0, 0.05) is 5.56 Å². The number of rotatable bonds is 1. The topological polar surface area (TPSA) is 20.2 Å². The van der Waals surface area contributed by atoms with Gasteiger partial charge in [-0.1, -0.05) is 36.6 Å². The second-order valence-electron chi connectivity index (χ2n) is 3.84. The quantitative estimate of drug-likeness (QED) is 0.761. The van der Waals surface area contributed by atoms with Crippen LogP contribution >= 0.6 is 11.6 Å². The van der Waals surface area contributed by atoms with E-state index in [0.717, 1.165) is 12.8 Å². The van der Waals surface area contributed by atoms with Crippen molar-refractivity contribution in [1.29, 1.82) is 0 Å². The van der Waals surface area contributed by atoms with E-state index in [9.17, 15) is 9.50 Å². The number of hydrogen-bond acceptors (Lipinski definition) is 1. The van der Waals surface area contributed by atoms with Crippen LogP contribution in [0, 0.1) is 5.82 Å². The normalized spacial score (nSPS) is 19.9. The zero-order valence-electron chi connectivity index (χ0n) is 7.76. The van der Waals surface area contributed by atoms with Gasteiger partial charge in [-0.3, -0.25) is 0 Å². The first-order chi connectivity index (χ1) is 6.63. The molecule has 2 rings (SSSR count). The largest absolute Gasteiger partial charge is 0.385 e. The lowest BCUT2D eigenvalue weighted by Gasteiger charge is -2.23. The minimum absolute atomic E-state index is 0.0666. The Kier molecular flexibility index (Phi) is 2.50. The monoisotopic (exact) mass is 214 g/mol. The first-order valence-corrected chi connectivity index (χ1v) is 5.18. The predicted octanol–water partition coefficient (Wildman–Crippen LogP) is 3.24. The van der Waals surface area contributed by atoms with E-state index in [4.69, 9.17) is 11.6 Å². The first kappa shape index (κ1) is 9.94. The molecule has 1 saturated carbocycles. The number of aliphatic hydroxyl groups is 1. The first-order valence-electron chi connectivity index (χ1n) is 4.80. The van der Waals surface area contributed by atoms with Crippen LogP contribution in [0.3, 0.4) is 0 Å². The molecule has 0 heterocycles. The van der Waals surface area contributed by atoms with Crippen LogP contribution in [0.1, 0.15) is 31.2 Å². The SMILES string of the molecule is OC1(c2cccc(F)c2Cl)CCCC1. The van der Waals surface area contributed by atoms with E-state index in [2.05, 4.69) is 0 Å². The Hall–Kier alpha value is -0.600. The van der Waals surface area contributed by atoms with Gasteiger partial charge in [0.1, 0.15) is 5.82 Å². The minimum atomic E-state index is -0.904. The third kappa shape index (κ3) is 1.53. The second-order valence-corrected chi connectivity index (χ2v) is 4.22. The van der Waals surface area contributed by atoms with Gasteiger partial charge in [0.25, 0.3) is 0 Å². The molecule has 1 aromatic carbocycles. The lowest BCUT2D eigenvalue weighted by molar-refractivity contribution is 0.0443. The maximum absolute atomic E-state index is 13.2. The summed E-state index contributed by atoms with van der Waals surface area (Å²) in [6.07, 6.45) is 3.30. The fourth-order valence-corrected chi connectivity index (χ4v) is 2.39. The zero-order chi connectivity index (χ0) is 10.2. The van der Waals surface area contributed by atoms with Crippen LogP contribution in [0.15, 0.2) is 18.2 Å². The van der Waals surface area contributed by atoms with Crippen molar-refractivity contribution in [2.75, 3.05) is 0 Å². The van der Waals surface area contributed by atoms with E-state index in [1.807, 2.05) is 0 Å². The maximum atomic E-state index is 13.2. The average Bonchev–Trinajstić information content (AvgIpc) is 2.58. The molecule has 0 unspecified atom stereocenters. The summed E-state index contributed by atoms with van der Waals surface area (Å²) in [6, 6.07) is 4.60. The number of hydrogen-bond donors (Lipinski definition) is 1. The van der Waals surface area contributed by atoms with E-state index < -0.39 is 11.4 Å². The lowest BCUT2D eigenvalue weighted by Crippen LogP contribution is -2.21. The fourth-order valence-electron chi connectivity index (χ4n) is 2.09. The van der Waals surface area contributed by atoms with Crippen LogP contribution in [0.5, 0.6) is 0 Å². The summed E-state index contributed by atoms with van der Waals surface area (Å²) in [7, 11) is 0. The highest BCUT2D eigenvalue weighted by Gasteiger charge is 2.35. The minimum Gasteiger partial charge on any atom is -0.385 e. The molecule has 1 N–H and O–H groups in total. The molecule has 0 bridgehead atoms. The van der Waals surface area contributed by atoms with Gasteiger partial charge in [-0.15, -0.1) is 0 Å². The Bertz CT molecular complexity index is 345. The molecule has 0 saturated heterocycles. The molecule has 76 valence electrons. The van der Waals surface area contributed by atoms with E-state index in [0.29, 0.717) is 18.4 Å². The molecular weight excluding hydrogens is 203 g/mol. The summed E-state index contributed by atoms with van der Waals surface area (Å²) >= 11 is 5.83. The molecule has 0 atom stereocenters. The van der Waals surface area contributed by atoms with Crippen LogP contribution in [0.25, 0.3) is 0 Å². The molecule has 1 fully saturated rings. The Balaban J connectivity index is 2.45. The van der Waals surface area contributed by atoms with Crippen molar-refractivity contribution in [3.63, 3.8) is 0 Å². The van der Waals surface area contributed by atoms with Gasteiger partial charge in [-0.2, -0.15) is 0 Å². The van der Waals surface area contributed by atoms with E-state index in [1.165, 1.54) is 6.07 Å². The van der Waals surface area contributed by atoms with Crippen LogP contribution in [-0.4, -0.2) is 5.11 Å². The Labute approximate surface area is 87.5 Å². The molecule has 0 radical (unpaired) electrons. The van der Waals surface area contributed by atoms with Crippen molar-refractivity contribution >= 4 is 11.6 Å². The summed E-state index contributed by atoms with van der Waals surface area (Å²) in [5.41, 5.74) is -0.365. The Morgan fingerprint density at radius 2 is 1.93 bits per heavy atom. The molecule has 14 heavy (non-hydrogen) atoms. The lowest BCUT2D eigenvalue weighted by atomic mass is 9.92. The molecule has 0 amide bonds. The highest BCUT2D eigenvalue weighted by molar-refractivity contribution is 6.31. The van der Waals surface area contributed by atoms with Gasteiger partial charge in [-0.05, 0) is 18.9 Å². The Morgan fingerprint density at radius 3 is 2.57 bits per heavy atom. The van der Waals surface area contributed by atoms with Crippen molar-refractivity contribution < 1.29 is 9.50 Å². The van der Waals surface area contributed by atoms with Crippen molar-refractivity contribution in [2.24, 2.45) is 0 Å². The van der Waals surface area contributed by atoms with Crippen molar-refractivity contribution in [3.8, 4) is 0 Å². The van der Waals surface area contributed by atoms with E-state index >= 15 is 0 Å². The highest BCUT2D eigenvalue weighted by Crippen LogP contribution is 2.41. The molecule has 0 spiro atoms. The molecule has 0 aliphatic heterocycles. The summed E-state index contributed by atoms with van der Waals surface area (Å²) in [6.45, 7) is 0. The highest BCUT2D eigenvalue weighted by atomic mass is 35.5. The number of halogens is 2. The van der Waals surface area contributed by atoms with Crippen LogP contribution in [0.4, 0.5) is 4.39 Å². The van der Waals surface area contributed by atoms with Crippen LogP contribution in [0.2, 0.25) is 5.02 Å². The van der Waals surface area contributed by atoms with Gasteiger partial charge < -0.3 is 5.11 Å². The third-order valence-corrected chi connectivity index (χ3v) is 3.27. The van der Waals surface area contributed by atoms with Gasteiger partial charge in [0.05, 0.1) is 10.6 Å². The van der Waals surface area contributed by atoms with Crippen LogP contribution in [-0.2, 0) is 5.60 Å². The molecular formula is C11H12ClFO. The molecule has 1 nitrogen and oxygen atoms in total. The van der Waals surface area contributed by atoms with Crippen LogP contribution < -0.4 is 0 Å². The van der Waals surface area contributed by atoms with Crippen molar-refractivity contribution in [1.82, 2.24) is 0 Å². The van der Waals surface area contributed by atoms with E-state index in [-0.39, 0.29) is 5.02 Å². The summed E-state index contributed by atoms with van der Waals surface area (Å²) in [5.74, 6) is -0.454. The number of benzene rings is 1. The van der Waals surface area contributed by atoms with Gasteiger partial charge in [0.15, 0.2) is 0 Å². The standard InChI is InChI=1S/C11H12ClFO/c12-10-8(4-3-5-9(10)13)11(14)6-1-2-7-11/h3-5,14H,1-2,6-7H2. The maximum Gasteiger partial charge on any atom is 0.142 e. The summed E-state index contributed by atoms with van der Waals surface area (Å²) in [5, 5.41) is 10.3. The smallest absolute Gasteiger partial charge is 0.142 e. The van der Waals surface area contributed by atoms with Gasteiger partial charge in [-0.25, -0.2) is 4.39 Å². The van der Waals surface area contributed by atoms with Gasteiger partial charge >= 0.3 is 0 Å². The average molecular weight is 215 g/mol. The predicted molar refractivity (Wildman–Crippen MR) is 53.8 cm³/mol. The molecule has 1 aromatic rings. The van der Waals surface area contributed by atoms with Crippen molar-refractivity contribution in [2.45, 2.75) is 31.3 Å². The molecule has 0 aromatic heterocycles. The Morgan fingerprint density at radius 1 is 1.29 bits per heavy atom. The second kappa shape index (κ2) is 3.52. The van der Waals surface area contributed by atoms with Gasteiger partial charge in [0.2, 0.25) is 0 Å². The van der Waals surface area contributed by atoms with Crippen molar-refractivity contribution in [3.05, 3.63) is 34.6 Å². The summed E-state index contributed by atoms with van der Waals surface area (Å²) in [4.78, 5) is 0. The fraction of sp³-hybridized carbons (Fsp3) is 0.455.